The molecule has 0 saturated heterocycles. The zero-order valence-electron chi connectivity index (χ0n) is 18.6. The van der Waals surface area contributed by atoms with E-state index in [0.717, 1.165) is 18.4 Å². The van der Waals surface area contributed by atoms with Crippen molar-refractivity contribution in [3.05, 3.63) is 54.1 Å². The van der Waals surface area contributed by atoms with E-state index in [-0.39, 0.29) is 5.56 Å². The first-order valence-corrected chi connectivity index (χ1v) is 11.8. The van der Waals surface area contributed by atoms with Crippen LogP contribution in [-0.2, 0) is 0 Å². The summed E-state index contributed by atoms with van der Waals surface area (Å²) in [6.07, 6.45) is 15.7. The Morgan fingerprint density at radius 3 is 1.87 bits per heavy atom. The Morgan fingerprint density at radius 1 is 0.733 bits per heavy atom. The van der Waals surface area contributed by atoms with Crippen molar-refractivity contribution in [3.63, 3.8) is 0 Å². The van der Waals surface area contributed by atoms with Crippen LogP contribution in [0, 0.1) is 0 Å². The third kappa shape index (κ3) is 8.61. The lowest BCUT2D eigenvalue weighted by Gasteiger charge is -2.14. The van der Waals surface area contributed by atoms with Crippen LogP contribution in [0.3, 0.4) is 0 Å². The number of ether oxygens (including phenoxy) is 1. The Kier molecular flexibility index (Phi) is 11.7. The first kappa shape index (κ1) is 24.0. The maximum atomic E-state index is 11.7. The third-order valence-electron chi connectivity index (χ3n) is 5.57. The molecule has 30 heavy (non-hydrogen) atoms. The lowest BCUT2D eigenvalue weighted by Crippen LogP contribution is -2.04. The molecule has 0 aliphatic rings. The minimum atomic E-state index is -0.926. The number of benzene rings is 2. The quantitative estimate of drug-likeness (QED) is 0.284. The molecule has 1 N–H and O–H groups in total. The Balaban J connectivity index is 1.68. The normalized spacial score (nSPS) is 10.8. The van der Waals surface area contributed by atoms with Gasteiger partial charge in [-0.1, -0.05) is 114 Å². The summed E-state index contributed by atoms with van der Waals surface area (Å²) < 4.78 is 6.01. The lowest BCUT2D eigenvalue weighted by molar-refractivity contribution is 0.0697. The molecule has 0 bridgehead atoms. The topological polar surface area (TPSA) is 46.5 Å². The van der Waals surface area contributed by atoms with E-state index in [1.807, 2.05) is 36.4 Å². The van der Waals surface area contributed by atoms with E-state index in [1.165, 1.54) is 64.2 Å². The Hall–Kier alpha value is -2.29. The highest BCUT2D eigenvalue weighted by Gasteiger charge is 2.16. The predicted molar refractivity (Wildman–Crippen MR) is 125 cm³/mol. The van der Waals surface area contributed by atoms with Crippen molar-refractivity contribution in [1.82, 2.24) is 0 Å². The fourth-order valence-electron chi connectivity index (χ4n) is 3.86. The summed E-state index contributed by atoms with van der Waals surface area (Å²) in [5.41, 5.74) is 1.83. The summed E-state index contributed by atoms with van der Waals surface area (Å²) in [5.74, 6) is -0.270. The third-order valence-corrected chi connectivity index (χ3v) is 5.57. The molecule has 0 spiro atoms. The molecule has 0 saturated carbocycles. The Labute approximate surface area is 182 Å². The van der Waals surface area contributed by atoms with E-state index in [2.05, 4.69) is 6.92 Å². The summed E-state index contributed by atoms with van der Waals surface area (Å²) in [5, 5.41) is 9.58. The SMILES string of the molecule is CCCCCCCCCCCCCCOc1cccc(C(=O)O)c1-c1ccccc1. The lowest BCUT2D eigenvalue weighted by atomic mass is 9.98. The average molecular weight is 411 g/mol. The van der Waals surface area contributed by atoms with Crippen LogP contribution >= 0.6 is 0 Å². The molecule has 0 aliphatic heterocycles. The first-order valence-electron chi connectivity index (χ1n) is 11.8. The maximum absolute atomic E-state index is 11.7. The van der Waals surface area contributed by atoms with Gasteiger partial charge in [-0.25, -0.2) is 4.79 Å². The van der Waals surface area contributed by atoms with E-state index in [9.17, 15) is 9.90 Å². The molecule has 0 amide bonds. The second-order valence-electron chi connectivity index (χ2n) is 8.09. The zero-order valence-corrected chi connectivity index (χ0v) is 18.6. The van der Waals surface area contributed by atoms with Gasteiger partial charge >= 0.3 is 5.97 Å². The molecule has 2 rings (SSSR count). The molecule has 164 valence electrons. The molecular formula is C27H38O3. The molecule has 0 aromatic heterocycles. The summed E-state index contributed by atoms with van der Waals surface area (Å²) in [6.45, 7) is 2.89. The summed E-state index contributed by atoms with van der Waals surface area (Å²) in [6, 6.07) is 14.9. The van der Waals surface area contributed by atoms with Crippen molar-refractivity contribution in [2.24, 2.45) is 0 Å². The van der Waals surface area contributed by atoms with Crippen molar-refractivity contribution >= 4 is 5.97 Å². The van der Waals surface area contributed by atoms with E-state index in [4.69, 9.17) is 4.74 Å². The highest BCUT2D eigenvalue weighted by atomic mass is 16.5. The highest BCUT2D eigenvalue weighted by Crippen LogP contribution is 2.33. The molecule has 0 unspecified atom stereocenters. The van der Waals surface area contributed by atoms with Gasteiger partial charge in [0, 0.05) is 5.56 Å². The molecule has 0 aliphatic carbocycles. The largest absolute Gasteiger partial charge is 0.493 e. The molecule has 3 nitrogen and oxygen atoms in total. The number of carboxylic acid groups (broad SMARTS) is 1. The van der Waals surface area contributed by atoms with Crippen molar-refractivity contribution in [2.75, 3.05) is 6.61 Å². The maximum Gasteiger partial charge on any atom is 0.336 e. The Morgan fingerprint density at radius 2 is 1.30 bits per heavy atom. The minimum absolute atomic E-state index is 0.286. The van der Waals surface area contributed by atoms with Gasteiger partial charge in [-0.05, 0) is 24.1 Å². The Bertz CT molecular complexity index is 724. The molecule has 0 heterocycles. The fourth-order valence-corrected chi connectivity index (χ4v) is 3.86. The van der Waals surface area contributed by atoms with Gasteiger partial charge in [-0.3, -0.25) is 0 Å². The van der Waals surface area contributed by atoms with Gasteiger partial charge in [0.15, 0.2) is 0 Å². The van der Waals surface area contributed by atoms with E-state index in [0.29, 0.717) is 17.9 Å². The van der Waals surface area contributed by atoms with Crippen molar-refractivity contribution < 1.29 is 14.6 Å². The smallest absolute Gasteiger partial charge is 0.336 e. The first-order chi connectivity index (χ1) is 14.7. The average Bonchev–Trinajstić information content (AvgIpc) is 2.77. The number of carbonyl (C=O) groups is 1. The van der Waals surface area contributed by atoms with Gasteiger partial charge in [-0.15, -0.1) is 0 Å². The minimum Gasteiger partial charge on any atom is -0.493 e. The van der Waals surface area contributed by atoms with Crippen LogP contribution in [0.15, 0.2) is 48.5 Å². The number of hydrogen-bond acceptors (Lipinski definition) is 2. The molecule has 3 heteroatoms. The molecule has 2 aromatic rings. The highest BCUT2D eigenvalue weighted by molar-refractivity contribution is 5.98. The van der Waals surface area contributed by atoms with E-state index >= 15 is 0 Å². The molecule has 0 atom stereocenters. The number of hydrogen-bond donors (Lipinski definition) is 1. The van der Waals surface area contributed by atoms with Gasteiger partial charge in [-0.2, -0.15) is 0 Å². The fraction of sp³-hybridized carbons (Fsp3) is 0.519. The van der Waals surface area contributed by atoms with Crippen LogP contribution in [0.1, 0.15) is 94.3 Å². The van der Waals surface area contributed by atoms with Crippen molar-refractivity contribution in [2.45, 2.75) is 84.0 Å². The van der Waals surface area contributed by atoms with E-state index in [1.54, 1.807) is 12.1 Å². The van der Waals surface area contributed by atoms with E-state index < -0.39 is 5.97 Å². The van der Waals surface area contributed by atoms with Gasteiger partial charge in [0.05, 0.1) is 12.2 Å². The number of carboxylic acids is 1. The monoisotopic (exact) mass is 410 g/mol. The molecular weight excluding hydrogens is 372 g/mol. The second kappa shape index (κ2) is 14.7. The molecule has 2 aromatic carbocycles. The van der Waals surface area contributed by atoms with Gasteiger partial charge in [0.1, 0.15) is 5.75 Å². The van der Waals surface area contributed by atoms with Crippen molar-refractivity contribution in [3.8, 4) is 16.9 Å². The number of unbranched alkanes of at least 4 members (excludes halogenated alkanes) is 11. The van der Waals surface area contributed by atoms with Crippen LogP contribution in [0.5, 0.6) is 5.75 Å². The summed E-state index contributed by atoms with van der Waals surface area (Å²) in [7, 11) is 0. The molecule has 0 fully saturated rings. The van der Waals surface area contributed by atoms with Crippen LogP contribution < -0.4 is 4.74 Å². The molecule has 0 radical (unpaired) electrons. The van der Waals surface area contributed by atoms with Gasteiger partial charge in [0.25, 0.3) is 0 Å². The summed E-state index contributed by atoms with van der Waals surface area (Å²) in [4.78, 5) is 11.7. The van der Waals surface area contributed by atoms with Crippen LogP contribution in [-0.4, -0.2) is 17.7 Å². The summed E-state index contributed by atoms with van der Waals surface area (Å²) >= 11 is 0. The number of aromatic carboxylic acids is 1. The van der Waals surface area contributed by atoms with Crippen LogP contribution in [0.2, 0.25) is 0 Å². The predicted octanol–water partition coefficient (Wildman–Crippen LogP) is 8.13. The van der Waals surface area contributed by atoms with Crippen LogP contribution in [0.4, 0.5) is 0 Å². The van der Waals surface area contributed by atoms with Gasteiger partial charge in [0.2, 0.25) is 0 Å². The van der Waals surface area contributed by atoms with Crippen molar-refractivity contribution in [1.29, 1.82) is 0 Å². The standard InChI is InChI=1S/C27H38O3/c1-2-3-4-5-6-7-8-9-10-11-12-16-22-30-25-21-17-20-24(27(28)29)26(25)23-18-14-13-15-19-23/h13-15,17-21H,2-12,16,22H2,1H3,(H,28,29). The number of rotatable bonds is 16. The van der Waals surface area contributed by atoms with Crippen LogP contribution in [0.25, 0.3) is 11.1 Å². The second-order valence-corrected chi connectivity index (χ2v) is 8.09. The van der Waals surface area contributed by atoms with Gasteiger partial charge < -0.3 is 9.84 Å². The zero-order chi connectivity index (χ0) is 21.4.